The lowest BCUT2D eigenvalue weighted by Crippen LogP contribution is -1.99. The zero-order chi connectivity index (χ0) is 12.4. The molecule has 2 rings (SSSR count). The molecule has 1 heterocycles. The number of nitrogens with zero attached hydrogens (tertiary/aromatic N) is 1. The number of aromatic nitrogens is 1. The van der Waals surface area contributed by atoms with E-state index < -0.39 is 0 Å². The second kappa shape index (κ2) is 4.84. The Bertz CT molecular complexity index is 523. The lowest BCUT2D eigenvalue weighted by Gasteiger charge is -2.14. The lowest BCUT2D eigenvalue weighted by molar-refractivity contribution is 0.599. The van der Waals surface area contributed by atoms with Gasteiger partial charge in [0, 0.05) is 17.3 Å². The monoisotopic (exact) mass is 249 g/mol. The molecule has 0 spiro atoms. The van der Waals surface area contributed by atoms with Gasteiger partial charge in [0.25, 0.3) is 0 Å². The number of benzene rings is 1. The quantitative estimate of drug-likeness (QED) is 0.754. The van der Waals surface area contributed by atoms with E-state index in [0.29, 0.717) is 5.56 Å². The van der Waals surface area contributed by atoms with E-state index in [0.717, 1.165) is 11.3 Å². The molecule has 0 fully saturated rings. The summed E-state index contributed by atoms with van der Waals surface area (Å²) in [4.78, 5) is 4.25. The Morgan fingerprint density at radius 3 is 2.53 bits per heavy atom. The second-order valence-electron chi connectivity index (χ2n) is 4.19. The molecular weight excluding hydrogens is 237 g/mol. The van der Waals surface area contributed by atoms with E-state index >= 15 is 0 Å². The van der Waals surface area contributed by atoms with Crippen molar-refractivity contribution in [3.05, 3.63) is 52.9 Å². The summed E-state index contributed by atoms with van der Waals surface area (Å²) in [5, 5.41) is 0.161. The maximum absolute atomic E-state index is 14.0. The third kappa shape index (κ3) is 2.32. The largest absolute Gasteiger partial charge is 0.256 e. The summed E-state index contributed by atoms with van der Waals surface area (Å²) in [6, 6.07) is 8.99. The van der Waals surface area contributed by atoms with Crippen LogP contribution >= 0.6 is 11.6 Å². The summed E-state index contributed by atoms with van der Waals surface area (Å²) in [6.45, 7) is 3.89. The smallest absolute Gasteiger partial charge is 0.145 e. The van der Waals surface area contributed by atoms with Crippen LogP contribution in [0.4, 0.5) is 4.39 Å². The predicted molar refractivity (Wildman–Crippen MR) is 68.7 cm³/mol. The molecule has 2 aromatic rings. The fourth-order valence-electron chi connectivity index (χ4n) is 1.88. The minimum atomic E-state index is -0.343. The molecule has 0 saturated carbocycles. The molecule has 0 atom stereocenters. The highest BCUT2D eigenvalue weighted by atomic mass is 35.5. The molecule has 0 N–H and O–H groups in total. The van der Waals surface area contributed by atoms with Gasteiger partial charge in [0.2, 0.25) is 0 Å². The van der Waals surface area contributed by atoms with Gasteiger partial charge in [-0.3, -0.25) is 4.98 Å². The second-order valence-corrected chi connectivity index (χ2v) is 4.60. The van der Waals surface area contributed by atoms with Crippen molar-refractivity contribution in [3.8, 4) is 11.3 Å². The Morgan fingerprint density at radius 1 is 1.18 bits per heavy atom. The predicted octanol–water partition coefficient (Wildman–Crippen LogP) is 4.66. The molecule has 0 radical (unpaired) electrons. The van der Waals surface area contributed by atoms with Crippen LogP contribution in [0.1, 0.15) is 25.3 Å². The van der Waals surface area contributed by atoms with Crippen molar-refractivity contribution < 1.29 is 4.39 Å². The first-order valence-electron chi connectivity index (χ1n) is 5.50. The number of hydrogen-bond acceptors (Lipinski definition) is 1. The molecule has 1 aromatic heterocycles. The van der Waals surface area contributed by atoms with E-state index in [9.17, 15) is 4.39 Å². The van der Waals surface area contributed by atoms with Crippen LogP contribution in [0, 0.1) is 5.82 Å². The maximum atomic E-state index is 14.0. The molecule has 88 valence electrons. The van der Waals surface area contributed by atoms with Crippen LogP contribution in [0.2, 0.25) is 5.02 Å². The third-order valence-corrected chi connectivity index (χ3v) is 2.94. The Balaban J connectivity index is 2.67. The molecule has 0 bridgehead atoms. The minimum absolute atomic E-state index is 0.0608. The summed E-state index contributed by atoms with van der Waals surface area (Å²) in [6.07, 6.45) is 1.70. The Morgan fingerprint density at radius 2 is 1.94 bits per heavy atom. The average molecular weight is 250 g/mol. The van der Waals surface area contributed by atoms with Gasteiger partial charge in [-0.2, -0.15) is 0 Å². The first-order chi connectivity index (χ1) is 8.11. The molecular formula is C14H13ClFN. The van der Waals surface area contributed by atoms with E-state index in [2.05, 4.69) is 4.98 Å². The van der Waals surface area contributed by atoms with E-state index in [1.54, 1.807) is 12.3 Å². The van der Waals surface area contributed by atoms with Crippen LogP contribution in [-0.2, 0) is 0 Å². The standard InChI is InChI=1S/C14H13ClFN/c1-9(2)13-10(6-7-11(15)14(13)16)12-5-3-4-8-17-12/h3-9H,1-2H3. The van der Waals surface area contributed by atoms with Gasteiger partial charge in [0.15, 0.2) is 0 Å². The van der Waals surface area contributed by atoms with Crippen LogP contribution in [0.3, 0.4) is 0 Å². The molecule has 1 nitrogen and oxygen atoms in total. The third-order valence-electron chi connectivity index (χ3n) is 2.65. The molecule has 0 amide bonds. The fourth-order valence-corrected chi connectivity index (χ4v) is 2.04. The van der Waals surface area contributed by atoms with E-state index in [-0.39, 0.29) is 16.8 Å². The summed E-state index contributed by atoms with van der Waals surface area (Å²) in [5.74, 6) is -0.282. The van der Waals surface area contributed by atoms with E-state index in [1.807, 2.05) is 38.1 Å². The van der Waals surface area contributed by atoms with E-state index in [1.165, 1.54) is 0 Å². The minimum Gasteiger partial charge on any atom is -0.256 e. The van der Waals surface area contributed by atoms with Gasteiger partial charge in [-0.25, -0.2) is 4.39 Å². The van der Waals surface area contributed by atoms with Crippen molar-refractivity contribution >= 4 is 11.6 Å². The first-order valence-corrected chi connectivity index (χ1v) is 5.88. The number of rotatable bonds is 2. The van der Waals surface area contributed by atoms with Gasteiger partial charge in [-0.1, -0.05) is 37.6 Å². The van der Waals surface area contributed by atoms with Crippen molar-refractivity contribution in [3.63, 3.8) is 0 Å². The SMILES string of the molecule is CC(C)c1c(-c2ccccn2)ccc(Cl)c1F. The summed E-state index contributed by atoms with van der Waals surface area (Å²) >= 11 is 5.82. The molecule has 0 aliphatic rings. The molecule has 0 saturated heterocycles. The summed E-state index contributed by atoms with van der Waals surface area (Å²) in [7, 11) is 0. The van der Waals surface area contributed by atoms with Gasteiger partial charge in [-0.15, -0.1) is 0 Å². The Hall–Kier alpha value is -1.41. The molecule has 0 unspecified atom stereocenters. The van der Waals surface area contributed by atoms with Crippen LogP contribution in [0.25, 0.3) is 11.3 Å². The normalized spacial score (nSPS) is 10.9. The molecule has 1 aromatic carbocycles. The summed E-state index contributed by atoms with van der Waals surface area (Å²) < 4.78 is 14.0. The van der Waals surface area contributed by atoms with E-state index in [4.69, 9.17) is 11.6 Å². The first kappa shape index (κ1) is 12.1. The van der Waals surface area contributed by atoms with Gasteiger partial charge < -0.3 is 0 Å². The number of hydrogen-bond donors (Lipinski definition) is 0. The number of pyridine rings is 1. The number of halogens is 2. The highest BCUT2D eigenvalue weighted by molar-refractivity contribution is 6.30. The van der Waals surface area contributed by atoms with Gasteiger partial charge >= 0.3 is 0 Å². The zero-order valence-corrected chi connectivity index (χ0v) is 10.5. The lowest BCUT2D eigenvalue weighted by atomic mass is 9.94. The van der Waals surface area contributed by atoms with Crippen molar-refractivity contribution in [2.24, 2.45) is 0 Å². The van der Waals surface area contributed by atoms with Crippen LogP contribution in [-0.4, -0.2) is 4.98 Å². The van der Waals surface area contributed by atoms with Crippen molar-refractivity contribution in [2.45, 2.75) is 19.8 Å². The highest BCUT2D eigenvalue weighted by Crippen LogP contribution is 2.33. The topological polar surface area (TPSA) is 12.9 Å². The van der Waals surface area contributed by atoms with Gasteiger partial charge in [0.1, 0.15) is 5.82 Å². The van der Waals surface area contributed by atoms with Crippen LogP contribution in [0.15, 0.2) is 36.5 Å². The van der Waals surface area contributed by atoms with Crippen LogP contribution in [0.5, 0.6) is 0 Å². The van der Waals surface area contributed by atoms with Crippen molar-refractivity contribution in [1.29, 1.82) is 0 Å². The molecule has 0 aliphatic heterocycles. The maximum Gasteiger partial charge on any atom is 0.145 e. The molecule has 3 heteroatoms. The Kier molecular flexibility index (Phi) is 3.43. The van der Waals surface area contributed by atoms with Crippen LogP contribution < -0.4 is 0 Å². The van der Waals surface area contributed by atoms with Gasteiger partial charge in [-0.05, 0) is 24.1 Å². The van der Waals surface area contributed by atoms with Crippen molar-refractivity contribution in [2.75, 3.05) is 0 Å². The summed E-state index contributed by atoms with van der Waals surface area (Å²) in [5.41, 5.74) is 2.20. The zero-order valence-electron chi connectivity index (χ0n) is 9.74. The van der Waals surface area contributed by atoms with Gasteiger partial charge in [0.05, 0.1) is 10.7 Å². The highest BCUT2D eigenvalue weighted by Gasteiger charge is 2.16. The molecule has 0 aliphatic carbocycles. The average Bonchev–Trinajstić information content (AvgIpc) is 2.33. The Labute approximate surface area is 105 Å². The molecule has 17 heavy (non-hydrogen) atoms. The fraction of sp³-hybridized carbons (Fsp3) is 0.214. The van der Waals surface area contributed by atoms with Crippen molar-refractivity contribution in [1.82, 2.24) is 4.98 Å².